The molecule has 6 heteroatoms. The summed E-state index contributed by atoms with van der Waals surface area (Å²) >= 11 is 5.17. The zero-order chi connectivity index (χ0) is 14.6. The van der Waals surface area contributed by atoms with Gasteiger partial charge in [0, 0.05) is 28.1 Å². The minimum absolute atomic E-state index is 0.0256. The minimum atomic E-state index is -0.295. The molecule has 1 fully saturated rings. The topological polar surface area (TPSA) is 67.8 Å². The Kier molecular flexibility index (Phi) is 3.24. The van der Waals surface area contributed by atoms with Crippen molar-refractivity contribution in [3.8, 4) is 5.75 Å². The zero-order valence-corrected chi connectivity index (χ0v) is 13.9. The van der Waals surface area contributed by atoms with Gasteiger partial charge in [0.25, 0.3) is 0 Å². The molecule has 4 unspecified atom stereocenters. The van der Waals surface area contributed by atoms with Crippen LogP contribution < -0.4 is 10.5 Å². The number of aliphatic imine (C=N–C) groups is 1. The number of benzene rings is 1. The standard InChI is InChI=1S/C15H17BrN2O2S/c16-8-1-4-12-11(5-8)15(7-21-14(17)18-15)10-3-2-9(19)6-13(10)20-12/h1,4-5,9-10,13,19H,2-3,6-7H2,(H2,17,18). The van der Waals surface area contributed by atoms with E-state index >= 15 is 0 Å². The van der Waals surface area contributed by atoms with Gasteiger partial charge in [0.1, 0.15) is 17.4 Å². The van der Waals surface area contributed by atoms with Crippen LogP contribution >= 0.6 is 27.7 Å². The van der Waals surface area contributed by atoms with Gasteiger partial charge >= 0.3 is 0 Å². The number of aliphatic hydroxyl groups excluding tert-OH is 1. The molecule has 4 rings (SSSR count). The minimum Gasteiger partial charge on any atom is -0.490 e. The summed E-state index contributed by atoms with van der Waals surface area (Å²) in [6, 6.07) is 6.09. The molecule has 0 radical (unpaired) electrons. The number of hydrogen-bond acceptors (Lipinski definition) is 5. The average Bonchev–Trinajstić information content (AvgIpc) is 2.83. The Morgan fingerprint density at radius 2 is 2.29 bits per heavy atom. The first-order valence-electron chi connectivity index (χ1n) is 7.21. The predicted octanol–water partition coefficient (Wildman–Crippen LogP) is 2.63. The Labute approximate surface area is 136 Å². The van der Waals surface area contributed by atoms with Crippen LogP contribution in [-0.2, 0) is 5.54 Å². The van der Waals surface area contributed by atoms with E-state index < -0.39 is 0 Å². The SMILES string of the molecule is NC1=NC2(CS1)c1cc(Br)ccc1OC1CC(O)CCC12. The van der Waals surface area contributed by atoms with Gasteiger partial charge in [-0.2, -0.15) is 0 Å². The lowest BCUT2D eigenvalue weighted by atomic mass is 9.68. The number of aliphatic hydroxyl groups is 1. The van der Waals surface area contributed by atoms with Crippen LogP contribution in [0, 0.1) is 5.92 Å². The molecule has 1 aromatic rings. The van der Waals surface area contributed by atoms with Gasteiger partial charge in [-0.25, -0.2) is 4.99 Å². The van der Waals surface area contributed by atoms with Gasteiger partial charge in [-0.15, -0.1) is 0 Å². The Balaban J connectivity index is 1.87. The molecule has 1 aromatic carbocycles. The van der Waals surface area contributed by atoms with Crippen molar-refractivity contribution in [2.24, 2.45) is 16.6 Å². The van der Waals surface area contributed by atoms with Crippen LogP contribution in [0.15, 0.2) is 27.7 Å². The second-order valence-corrected chi connectivity index (χ2v) is 7.94. The normalized spacial score (nSPS) is 37.6. The van der Waals surface area contributed by atoms with Crippen molar-refractivity contribution in [2.75, 3.05) is 5.75 Å². The first-order chi connectivity index (χ1) is 10.1. The van der Waals surface area contributed by atoms with E-state index in [1.54, 1.807) is 11.8 Å². The second-order valence-electron chi connectivity index (χ2n) is 6.03. The summed E-state index contributed by atoms with van der Waals surface area (Å²) in [5.74, 6) is 2.03. The van der Waals surface area contributed by atoms with E-state index in [1.165, 1.54) is 0 Å². The van der Waals surface area contributed by atoms with Crippen LogP contribution in [0.3, 0.4) is 0 Å². The molecular weight excluding hydrogens is 352 g/mol. The van der Waals surface area contributed by atoms with Crippen molar-refractivity contribution in [3.05, 3.63) is 28.2 Å². The number of nitrogens with two attached hydrogens (primary N) is 1. The van der Waals surface area contributed by atoms with E-state index in [0.29, 0.717) is 11.6 Å². The second kappa shape index (κ2) is 4.89. The Morgan fingerprint density at radius 1 is 1.43 bits per heavy atom. The van der Waals surface area contributed by atoms with Gasteiger partial charge in [0.2, 0.25) is 0 Å². The summed E-state index contributed by atoms with van der Waals surface area (Å²) in [6.45, 7) is 0. The van der Waals surface area contributed by atoms with Crippen LogP contribution in [-0.4, -0.2) is 28.2 Å². The van der Waals surface area contributed by atoms with Crippen molar-refractivity contribution in [2.45, 2.75) is 37.0 Å². The monoisotopic (exact) mass is 368 g/mol. The van der Waals surface area contributed by atoms with Crippen LogP contribution in [0.1, 0.15) is 24.8 Å². The average molecular weight is 369 g/mol. The van der Waals surface area contributed by atoms with Crippen LogP contribution in [0.5, 0.6) is 5.75 Å². The molecule has 0 bridgehead atoms. The molecule has 21 heavy (non-hydrogen) atoms. The summed E-state index contributed by atoms with van der Waals surface area (Å²) < 4.78 is 7.21. The third kappa shape index (κ3) is 2.11. The number of fused-ring (bicyclic) bond motifs is 4. The van der Waals surface area contributed by atoms with E-state index in [2.05, 4.69) is 22.0 Å². The van der Waals surface area contributed by atoms with Crippen LogP contribution in [0.25, 0.3) is 0 Å². The highest BCUT2D eigenvalue weighted by molar-refractivity contribution is 9.10. The fourth-order valence-electron chi connectivity index (χ4n) is 3.86. The number of nitrogens with zero attached hydrogens (tertiary/aromatic N) is 1. The van der Waals surface area contributed by atoms with Gasteiger partial charge < -0.3 is 15.6 Å². The van der Waals surface area contributed by atoms with E-state index in [0.717, 1.165) is 34.4 Å². The lowest BCUT2D eigenvalue weighted by Gasteiger charge is -2.47. The van der Waals surface area contributed by atoms with Crippen molar-refractivity contribution >= 4 is 32.9 Å². The molecule has 0 saturated heterocycles. The zero-order valence-electron chi connectivity index (χ0n) is 11.5. The summed E-state index contributed by atoms with van der Waals surface area (Å²) in [6.07, 6.45) is 2.18. The largest absolute Gasteiger partial charge is 0.490 e. The molecule has 112 valence electrons. The highest BCUT2D eigenvalue weighted by atomic mass is 79.9. The number of amidine groups is 1. The molecule has 0 amide bonds. The molecule has 3 N–H and O–H groups in total. The highest BCUT2D eigenvalue weighted by Gasteiger charge is 2.54. The molecule has 4 atom stereocenters. The molecule has 1 saturated carbocycles. The number of thioether (sulfide) groups is 1. The maximum absolute atomic E-state index is 9.97. The van der Waals surface area contributed by atoms with Crippen LogP contribution in [0.2, 0.25) is 0 Å². The maximum Gasteiger partial charge on any atom is 0.154 e. The van der Waals surface area contributed by atoms with E-state index in [-0.39, 0.29) is 23.7 Å². The molecular formula is C15H17BrN2O2S. The summed E-state index contributed by atoms with van der Waals surface area (Å²) in [4.78, 5) is 4.85. The summed E-state index contributed by atoms with van der Waals surface area (Å²) in [5, 5.41) is 10.6. The Morgan fingerprint density at radius 3 is 3.05 bits per heavy atom. The third-order valence-electron chi connectivity index (χ3n) is 4.81. The number of rotatable bonds is 0. The third-order valence-corrected chi connectivity index (χ3v) is 6.28. The molecule has 2 heterocycles. The van der Waals surface area contributed by atoms with Gasteiger partial charge in [-0.3, -0.25) is 0 Å². The number of ether oxygens (including phenoxy) is 1. The quantitative estimate of drug-likeness (QED) is 0.738. The van der Waals surface area contributed by atoms with E-state index in [1.807, 2.05) is 12.1 Å². The van der Waals surface area contributed by atoms with E-state index in [9.17, 15) is 5.11 Å². The first-order valence-corrected chi connectivity index (χ1v) is 8.99. The lowest BCUT2D eigenvalue weighted by molar-refractivity contribution is -0.0246. The van der Waals surface area contributed by atoms with Crippen molar-refractivity contribution < 1.29 is 9.84 Å². The summed E-state index contributed by atoms with van der Waals surface area (Å²) in [5.41, 5.74) is 6.83. The van der Waals surface area contributed by atoms with Gasteiger partial charge in [0.15, 0.2) is 5.17 Å². The maximum atomic E-state index is 9.97. The number of hydrogen-bond donors (Lipinski definition) is 2. The fourth-order valence-corrected chi connectivity index (χ4v) is 5.25. The Bertz CT molecular complexity index is 624. The van der Waals surface area contributed by atoms with Crippen LogP contribution in [0.4, 0.5) is 0 Å². The first kappa shape index (κ1) is 13.9. The molecule has 1 spiro atoms. The van der Waals surface area contributed by atoms with Gasteiger partial charge in [0.05, 0.1) is 6.10 Å². The van der Waals surface area contributed by atoms with Crippen molar-refractivity contribution in [3.63, 3.8) is 0 Å². The van der Waals surface area contributed by atoms with Gasteiger partial charge in [-0.05, 0) is 31.0 Å². The molecule has 4 nitrogen and oxygen atoms in total. The molecule has 3 aliphatic rings. The summed E-state index contributed by atoms with van der Waals surface area (Å²) in [7, 11) is 0. The lowest BCUT2D eigenvalue weighted by Crippen LogP contribution is -2.51. The van der Waals surface area contributed by atoms with Crippen molar-refractivity contribution in [1.29, 1.82) is 0 Å². The number of halogens is 1. The fraction of sp³-hybridized carbons (Fsp3) is 0.533. The smallest absolute Gasteiger partial charge is 0.154 e. The Hall–Kier alpha value is -0.720. The van der Waals surface area contributed by atoms with Gasteiger partial charge in [-0.1, -0.05) is 27.7 Å². The predicted molar refractivity (Wildman–Crippen MR) is 87.7 cm³/mol. The molecule has 2 aliphatic heterocycles. The highest BCUT2D eigenvalue weighted by Crippen LogP contribution is 2.54. The van der Waals surface area contributed by atoms with E-state index in [4.69, 9.17) is 15.5 Å². The van der Waals surface area contributed by atoms with Crippen molar-refractivity contribution in [1.82, 2.24) is 0 Å². The molecule has 0 aromatic heterocycles. The molecule has 1 aliphatic carbocycles.